The van der Waals surface area contributed by atoms with E-state index in [-0.39, 0.29) is 55.4 Å². The van der Waals surface area contributed by atoms with E-state index in [9.17, 15) is 24.0 Å². The highest BCUT2D eigenvalue weighted by Crippen LogP contribution is 2.36. The number of anilines is 1. The van der Waals surface area contributed by atoms with Crippen molar-refractivity contribution < 1.29 is 37.8 Å². The summed E-state index contributed by atoms with van der Waals surface area (Å²) in [5.74, 6) is 4.08. The number of imide groups is 1. The largest absolute Gasteiger partial charge is 0.443 e. The van der Waals surface area contributed by atoms with Crippen molar-refractivity contribution in [1.82, 2.24) is 24.3 Å². The fourth-order valence-corrected chi connectivity index (χ4v) is 8.94. The maximum atomic E-state index is 15.5. The van der Waals surface area contributed by atoms with Gasteiger partial charge in [-0.25, -0.2) is 18.7 Å². The standard InChI is InChI=1S/C47H55FN6O7Si/c1-47(2,3)61-46(59)54-39-26-41(49-27-32(39)25-40(54)37-16-11-21-51(37)4)50-43(56)34-18-17-30(24-36(34)48)12-8-9-13-31-14-10-15-33-35(31)28-52(44(33)57)38-19-20-42(55)53(45(38)58)29-60-22-23-62(5,6)7/h10,14-15,17-18,24-27,37-38H,8,11-12,16,19-23,28-29H2,1-7H3,(H,49,50,56)/t37-,38?/m1/s1. The molecule has 2 aromatic heterocycles. The number of carbonyl (C=O) groups is 5. The van der Waals surface area contributed by atoms with Crippen LogP contribution in [0.25, 0.3) is 10.9 Å². The van der Waals surface area contributed by atoms with Gasteiger partial charge in [0.05, 0.1) is 17.1 Å². The average molecular weight is 863 g/mol. The summed E-state index contributed by atoms with van der Waals surface area (Å²) in [6.45, 7) is 13.6. The first-order valence-corrected chi connectivity index (χ1v) is 25.0. The molecule has 2 aromatic carbocycles. The van der Waals surface area contributed by atoms with Gasteiger partial charge in [0, 0.05) is 68.5 Å². The second-order valence-corrected chi connectivity index (χ2v) is 24.2. The van der Waals surface area contributed by atoms with Crippen molar-refractivity contribution in [2.75, 3.05) is 32.2 Å². The third-order valence-corrected chi connectivity index (χ3v) is 13.2. The Balaban J connectivity index is 0.985. The van der Waals surface area contributed by atoms with E-state index in [2.05, 4.69) is 46.7 Å². The van der Waals surface area contributed by atoms with Gasteiger partial charge in [0.2, 0.25) is 5.91 Å². The number of piperidine rings is 1. The van der Waals surface area contributed by atoms with Gasteiger partial charge in [0.1, 0.15) is 30.0 Å². The van der Waals surface area contributed by atoms with Crippen LogP contribution < -0.4 is 5.32 Å². The summed E-state index contributed by atoms with van der Waals surface area (Å²) in [7, 11) is 0.674. The molecule has 4 aromatic rings. The van der Waals surface area contributed by atoms with Crippen LogP contribution >= 0.6 is 0 Å². The number of nitrogens with one attached hydrogen (secondary N) is 1. The van der Waals surface area contributed by atoms with Gasteiger partial charge >= 0.3 is 6.09 Å². The topological polar surface area (TPSA) is 143 Å². The van der Waals surface area contributed by atoms with Crippen LogP contribution in [0.2, 0.25) is 25.7 Å². The molecule has 3 aliphatic heterocycles. The zero-order valence-electron chi connectivity index (χ0n) is 36.6. The number of rotatable bonds is 11. The molecule has 5 heterocycles. The minimum Gasteiger partial charge on any atom is -0.443 e. The predicted molar refractivity (Wildman–Crippen MR) is 236 cm³/mol. The van der Waals surface area contributed by atoms with Crippen molar-refractivity contribution in [1.29, 1.82) is 0 Å². The van der Waals surface area contributed by atoms with E-state index in [0.29, 0.717) is 47.0 Å². The Morgan fingerprint density at radius 1 is 1.03 bits per heavy atom. The Bertz CT molecular complexity index is 2500. The lowest BCUT2D eigenvalue weighted by Gasteiger charge is -2.35. The summed E-state index contributed by atoms with van der Waals surface area (Å²) in [6.07, 6.45) is 4.12. The quantitative estimate of drug-likeness (QED) is 0.0693. The number of benzene rings is 2. The number of aryl methyl sites for hydroxylation is 1. The van der Waals surface area contributed by atoms with Gasteiger partial charge in [-0.3, -0.25) is 29.0 Å². The summed E-state index contributed by atoms with van der Waals surface area (Å²) in [5.41, 5.74) is 2.93. The number of likely N-dealkylation sites (tertiary alicyclic amines) is 2. The maximum absolute atomic E-state index is 15.5. The number of ether oxygens (including phenoxy) is 2. The average Bonchev–Trinajstić information content (AvgIpc) is 3.89. The summed E-state index contributed by atoms with van der Waals surface area (Å²) in [4.78, 5) is 75.9. The van der Waals surface area contributed by atoms with Crippen molar-refractivity contribution >= 4 is 54.5 Å². The number of hydrogen-bond donors (Lipinski definition) is 1. The van der Waals surface area contributed by atoms with E-state index in [0.717, 1.165) is 41.6 Å². The summed E-state index contributed by atoms with van der Waals surface area (Å²) in [6, 6.07) is 13.4. The smallest absolute Gasteiger partial charge is 0.419 e. The molecule has 326 valence electrons. The van der Waals surface area contributed by atoms with Crippen LogP contribution in [0.15, 0.2) is 54.7 Å². The molecule has 7 rings (SSSR count). The molecule has 2 fully saturated rings. The number of aromatic nitrogens is 2. The fourth-order valence-electron chi connectivity index (χ4n) is 8.18. The monoisotopic (exact) mass is 862 g/mol. The highest BCUT2D eigenvalue weighted by Gasteiger charge is 2.43. The van der Waals surface area contributed by atoms with Gasteiger partial charge in [0.25, 0.3) is 17.7 Å². The Morgan fingerprint density at radius 2 is 1.82 bits per heavy atom. The van der Waals surface area contributed by atoms with Crippen LogP contribution in [-0.4, -0.2) is 101 Å². The highest BCUT2D eigenvalue weighted by molar-refractivity contribution is 6.76. The number of fused-ring (bicyclic) bond motifs is 2. The van der Waals surface area contributed by atoms with E-state index in [1.54, 1.807) is 35.0 Å². The third kappa shape index (κ3) is 9.83. The molecule has 0 saturated carbocycles. The van der Waals surface area contributed by atoms with Crippen LogP contribution in [-0.2, 0) is 32.0 Å². The fraction of sp³-hybridized carbons (Fsp3) is 0.447. The molecule has 0 spiro atoms. The highest BCUT2D eigenvalue weighted by atomic mass is 28.3. The molecule has 15 heteroatoms. The van der Waals surface area contributed by atoms with Crippen molar-refractivity contribution in [3.63, 3.8) is 0 Å². The van der Waals surface area contributed by atoms with Gasteiger partial charge in [-0.15, -0.1) is 0 Å². The van der Waals surface area contributed by atoms with Crippen molar-refractivity contribution in [3.05, 3.63) is 94.1 Å². The molecule has 2 atom stereocenters. The van der Waals surface area contributed by atoms with Gasteiger partial charge in [-0.2, -0.15) is 0 Å². The number of halogens is 1. The second kappa shape index (κ2) is 18.0. The van der Waals surface area contributed by atoms with Crippen molar-refractivity contribution in [2.24, 2.45) is 0 Å². The molecule has 3 aliphatic rings. The Morgan fingerprint density at radius 3 is 2.53 bits per heavy atom. The van der Waals surface area contributed by atoms with Gasteiger partial charge < -0.3 is 19.7 Å². The molecular formula is C47H55FN6O7Si. The zero-order valence-corrected chi connectivity index (χ0v) is 37.6. The van der Waals surface area contributed by atoms with E-state index in [1.165, 1.54) is 17.0 Å². The maximum Gasteiger partial charge on any atom is 0.419 e. The molecule has 0 radical (unpaired) electrons. The predicted octanol–water partition coefficient (Wildman–Crippen LogP) is 7.75. The molecule has 0 aliphatic carbocycles. The molecule has 0 bridgehead atoms. The first-order chi connectivity index (χ1) is 29.4. The Labute approximate surface area is 362 Å². The van der Waals surface area contributed by atoms with Crippen LogP contribution in [0.5, 0.6) is 0 Å². The zero-order chi connectivity index (χ0) is 44.5. The Hall–Kier alpha value is -5.69. The molecule has 1 unspecified atom stereocenters. The minimum absolute atomic E-state index is 0.0128. The summed E-state index contributed by atoms with van der Waals surface area (Å²) in [5, 5.41) is 3.41. The number of amides is 4. The van der Waals surface area contributed by atoms with Crippen LogP contribution in [0.4, 0.5) is 15.0 Å². The lowest BCUT2D eigenvalue weighted by Crippen LogP contribution is -2.55. The third-order valence-electron chi connectivity index (χ3n) is 11.5. The molecule has 13 nitrogen and oxygen atoms in total. The van der Waals surface area contributed by atoms with Crippen LogP contribution in [0.1, 0.15) is 102 Å². The van der Waals surface area contributed by atoms with Gasteiger partial charge in [-0.05, 0) is 108 Å². The molecule has 4 amide bonds. The SMILES string of the molecule is CN1CCC[C@@H]1c1cc2cnc(NC(=O)c3ccc(CCC#Cc4cccc5c4CN(C4CCC(=O)N(COCC[Si](C)(C)C)C4=O)C5=O)cc3F)cc2n1C(=O)OC(C)(C)C. The lowest BCUT2D eigenvalue weighted by atomic mass is 10.0. The summed E-state index contributed by atoms with van der Waals surface area (Å²) < 4.78 is 28.5. The number of carbonyl (C=O) groups excluding carboxylic acids is 5. The Kier molecular flexibility index (Phi) is 12.8. The van der Waals surface area contributed by atoms with E-state index < -0.39 is 43.4 Å². The van der Waals surface area contributed by atoms with Gasteiger partial charge in [-0.1, -0.05) is 43.6 Å². The number of nitrogens with zero attached hydrogens (tertiary/aromatic N) is 5. The molecule has 2 saturated heterocycles. The number of hydrogen-bond acceptors (Lipinski definition) is 9. The van der Waals surface area contributed by atoms with E-state index in [4.69, 9.17) is 9.47 Å². The summed E-state index contributed by atoms with van der Waals surface area (Å²) >= 11 is 0. The molecule has 1 N–H and O–H groups in total. The second-order valence-electron chi connectivity index (χ2n) is 18.5. The molecular weight excluding hydrogens is 808 g/mol. The minimum atomic E-state index is -1.35. The first-order valence-electron chi connectivity index (χ1n) is 21.3. The van der Waals surface area contributed by atoms with Crippen molar-refractivity contribution in [3.8, 4) is 11.8 Å². The first kappa shape index (κ1) is 44.4. The van der Waals surface area contributed by atoms with Crippen molar-refractivity contribution in [2.45, 2.75) is 109 Å². The molecule has 62 heavy (non-hydrogen) atoms. The van der Waals surface area contributed by atoms with Crippen LogP contribution in [0, 0.1) is 17.7 Å². The lowest BCUT2D eigenvalue weighted by molar-refractivity contribution is -0.158. The van der Waals surface area contributed by atoms with Gasteiger partial charge in [0.15, 0.2) is 0 Å². The van der Waals surface area contributed by atoms with E-state index >= 15 is 4.39 Å². The van der Waals surface area contributed by atoms with E-state index in [1.807, 2.05) is 40.0 Å². The van der Waals surface area contributed by atoms with Crippen LogP contribution in [0.3, 0.4) is 0 Å². The normalized spacial score (nSPS) is 18.3. The number of pyridine rings is 1.